The molecule has 10 rings (SSSR count). The van der Waals surface area contributed by atoms with Crippen LogP contribution in [0.2, 0.25) is 0 Å². The first-order valence-corrected chi connectivity index (χ1v) is 25.7. The van der Waals surface area contributed by atoms with Gasteiger partial charge in [0.15, 0.2) is 17.5 Å². The second-order valence-electron chi connectivity index (χ2n) is 15.5. The van der Waals surface area contributed by atoms with E-state index >= 15 is 0 Å². The maximum Gasteiger partial charge on any atom is 0.164 e. The molecule has 0 saturated carbocycles. The molecule has 0 N–H and O–H groups in total. The molecule has 0 aliphatic carbocycles. The highest BCUT2D eigenvalue weighted by atomic mass is 127. The molecule has 0 spiro atoms. The number of hydrogen-bond acceptors (Lipinski definition) is 6. The van der Waals surface area contributed by atoms with Crippen molar-refractivity contribution in [1.29, 1.82) is 0 Å². The van der Waals surface area contributed by atoms with Crippen LogP contribution in [0, 0.1) is 14.3 Å². The molecule has 10 aromatic rings. The first-order valence-electron chi connectivity index (χ1n) is 21.4. The van der Waals surface area contributed by atoms with Gasteiger partial charge in [-0.05, 0) is 260 Å². The standard InChI is InChI=1S/C57H38I4N6/c58-42-13-23-47(24-14-42)66(48-25-15-43(59)16-26-48)53-35-31-51(32-36-53)65(52-33-37-54(38-34-52)67(49-27-17-44(60)18-28-49)50-29-19-45(61)20-30-50)46-21-11-41(12-22-46)57-63-55(39-7-3-1-4-8-39)62-56(64-57)40-9-5-2-6-10-40/h1-38H. The molecule has 0 unspecified atom stereocenters. The fraction of sp³-hybridized carbons (Fsp3) is 0. The molecule has 1 heterocycles. The van der Waals surface area contributed by atoms with E-state index < -0.39 is 0 Å². The summed E-state index contributed by atoms with van der Waals surface area (Å²) in [5, 5.41) is 0. The third kappa shape index (κ3) is 10.4. The Morgan fingerprint density at radius 2 is 0.388 bits per heavy atom. The Labute approximate surface area is 445 Å². The van der Waals surface area contributed by atoms with Gasteiger partial charge < -0.3 is 14.7 Å². The number of hydrogen-bond donors (Lipinski definition) is 0. The van der Waals surface area contributed by atoms with Crippen LogP contribution < -0.4 is 14.7 Å². The maximum atomic E-state index is 5.01. The molecule has 6 nitrogen and oxygen atoms in total. The van der Waals surface area contributed by atoms with Crippen molar-refractivity contribution in [3.8, 4) is 34.2 Å². The smallest absolute Gasteiger partial charge is 0.164 e. The lowest BCUT2D eigenvalue weighted by atomic mass is 10.1. The van der Waals surface area contributed by atoms with E-state index in [1.807, 2.05) is 60.7 Å². The van der Waals surface area contributed by atoms with E-state index in [1.54, 1.807) is 0 Å². The second-order valence-corrected chi connectivity index (χ2v) is 20.5. The first-order chi connectivity index (χ1) is 32.8. The van der Waals surface area contributed by atoms with Gasteiger partial charge in [-0.2, -0.15) is 0 Å². The quantitative estimate of drug-likeness (QED) is 0.114. The summed E-state index contributed by atoms with van der Waals surface area (Å²) in [5.74, 6) is 1.87. The summed E-state index contributed by atoms with van der Waals surface area (Å²) in [6, 6.07) is 81.0. The molecule has 0 bridgehead atoms. The van der Waals surface area contributed by atoms with E-state index in [4.69, 9.17) is 15.0 Å². The van der Waals surface area contributed by atoms with Gasteiger partial charge in [0.2, 0.25) is 0 Å². The van der Waals surface area contributed by atoms with Crippen LogP contribution in [0.3, 0.4) is 0 Å². The number of aromatic nitrogens is 3. The Morgan fingerprint density at radius 3 is 0.612 bits per heavy atom. The Balaban J connectivity index is 1.06. The molecule has 324 valence electrons. The van der Waals surface area contributed by atoms with Crippen molar-refractivity contribution in [2.45, 2.75) is 0 Å². The highest BCUT2D eigenvalue weighted by Crippen LogP contribution is 2.42. The molecule has 0 atom stereocenters. The summed E-state index contributed by atoms with van der Waals surface area (Å²) < 4.78 is 4.76. The van der Waals surface area contributed by atoms with Crippen molar-refractivity contribution in [3.63, 3.8) is 0 Å². The minimum atomic E-state index is 0.608. The highest BCUT2D eigenvalue weighted by Gasteiger charge is 2.20. The van der Waals surface area contributed by atoms with Crippen molar-refractivity contribution < 1.29 is 0 Å². The lowest BCUT2D eigenvalue weighted by molar-refractivity contribution is 1.07. The molecule has 0 radical (unpaired) electrons. The third-order valence-electron chi connectivity index (χ3n) is 11.2. The topological polar surface area (TPSA) is 48.4 Å². The molecular weight excluding hydrogens is 1280 g/mol. The van der Waals surface area contributed by atoms with E-state index in [9.17, 15) is 0 Å². The monoisotopic (exact) mass is 1310 g/mol. The predicted octanol–water partition coefficient (Wildman–Crippen LogP) is 17.7. The molecule has 0 fully saturated rings. The van der Waals surface area contributed by atoms with Crippen molar-refractivity contribution in [3.05, 3.63) is 245 Å². The summed E-state index contributed by atoms with van der Waals surface area (Å²) in [4.78, 5) is 21.9. The number of anilines is 9. The fourth-order valence-corrected chi connectivity index (χ4v) is 9.34. The zero-order chi connectivity index (χ0) is 45.7. The number of halogens is 4. The van der Waals surface area contributed by atoms with E-state index in [1.165, 1.54) is 14.3 Å². The Kier molecular flexibility index (Phi) is 13.9. The Hall–Kier alpha value is -5.69. The van der Waals surface area contributed by atoms with Gasteiger partial charge in [-0.1, -0.05) is 60.7 Å². The minimum absolute atomic E-state index is 0.608. The molecule has 10 heteroatoms. The van der Waals surface area contributed by atoms with Crippen LogP contribution >= 0.6 is 90.4 Å². The van der Waals surface area contributed by atoms with Gasteiger partial charge in [-0.15, -0.1) is 0 Å². The van der Waals surface area contributed by atoms with Gasteiger partial charge in [0.1, 0.15) is 0 Å². The highest BCUT2D eigenvalue weighted by molar-refractivity contribution is 14.1. The molecular formula is C57H38I4N6. The molecule has 0 amide bonds. The molecule has 9 aromatic carbocycles. The van der Waals surface area contributed by atoms with Gasteiger partial charge in [0, 0.05) is 82.2 Å². The average Bonchev–Trinajstić information content (AvgIpc) is 3.38. The second kappa shape index (κ2) is 20.7. The molecule has 67 heavy (non-hydrogen) atoms. The van der Waals surface area contributed by atoms with E-state index in [0.29, 0.717) is 17.5 Å². The van der Waals surface area contributed by atoms with Gasteiger partial charge in [-0.3, -0.25) is 0 Å². The molecule has 0 aliphatic heterocycles. The summed E-state index contributed by atoms with van der Waals surface area (Å²) in [7, 11) is 0. The number of nitrogens with zero attached hydrogens (tertiary/aromatic N) is 6. The summed E-state index contributed by atoms with van der Waals surface area (Å²) in [6.07, 6.45) is 0. The Morgan fingerprint density at radius 1 is 0.209 bits per heavy atom. The van der Waals surface area contributed by atoms with E-state index in [-0.39, 0.29) is 0 Å². The molecule has 0 saturated heterocycles. The largest absolute Gasteiger partial charge is 0.311 e. The van der Waals surface area contributed by atoms with Crippen LogP contribution in [0.1, 0.15) is 0 Å². The van der Waals surface area contributed by atoms with Crippen molar-refractivity contribution in [2.75, 3.05) is 14.7 Å². The van der Waals surface area contributed by atoms with Gasteiger partial charge in [0.25, 0.3) is 0 Å². The summed E-state index contributed by atoms with van der Waals surface area (Å²) >= 11 is 9.46. The van der Waals surface area contributed by atoms with Gasteiger partial charge in [0.05, 0.1) is 0 Å². The van der Waals surface area contributed by atoms with E-state index in [0.717, 1.165) is 67.9 Å². The van der Waals surface area contributed by atoms with Crippen LogP contribution in [-0.2, 0) is 0 Å². The van der Waals surface area contributed by atoms with Crippen LogP contribution in [0.15, 0.2) is 231 Å². The SMILES string of the molecule is Ic1ccc(N(c2ccc(I)cc2)c2ccc(N(c3ccc(-c4nc(-c5ccccc5)nc(-c5ccccc5)n4)cc3)c3ccc(N(c4ccc(I)cc4)c4ccc(I)cc4)cc3)cc2)cc1. The minimum Gasteiger partial charge on any atom is -0.311 e. The zero-order valence-corrected chi connectivity index (χ0v) is 44.3. The van der Waals surface area contributed by atoms with Crippen LogP contribution in [0.25, 0.3) is 34.2 Å². The number of rotatable bonds is 12. The van der Waals surface area contributed by atoms with E-state index in [2.05, 4.69) is 275 Å². The van der Waals surface area contributed by atoms with Crippen molar-refractivity contribution in [2.24, 2.45) is 0 Å². The Bertz CT molecular complexity index is 2940. The van der Waals surface area contributed by atoms with Crippen LogP contribution in [0.5, 0.6) is 0 Å². The van der Waals surface area contributed by atoms with Crippen LogP contribution in [-0.4, -0.2) is 15.0 Å². The first kappa shape index (κ1) is 45.1. The lowest BCUT2D eigenvalue weighted by Crippen LogP contribution is -2.13. The normalized spacial score (nSPS) is 11.0. The average molecular weight is 1310 g/mol. The van der Waals surface area contributed by atoms with Crippen molar-refractivity contribution >= 4 is 142 Å². The maximum absolute atomic E-state index is 5.01. The number of benzene rings is 9. The predicted molar refractivity (Wildman–Crippen MR) is 311 cm³/mol. The lowest BCUT2D eigenvalue weighted by Gasteiger charge is -2.29. The van der Waals surface area contributed by atoms with Gasteiger partial charge >= 0.3 is 0 Å². The van der Waals surface area contributed by atoms with Gasteiger partial charge in [-0.25, -0.2) is 15.0 Å². The summed E-state index contributed by atoms with van der Waals surface area (Å²) in [6.45, 7) is 0. The zero-order valence-electron chi connectivity index (χ0n) is 35.6. The molecule has 0 aliphatic rings. The summed E-state index contributed by atoms with van der Waals surface area (Å²) in [5.41, 5.74) is 12.2. The van der Waals surface area contributed by atoms with Crippen LogP contribution in [0.4, 0.5) is 51.2 Å². The molecule has 1 aromatic heterocycles. The van der Waals surface area contributed by atoms with Crippen molar-refractivity contribution in [1.82, 2.24) is 15.0 Å². The third-order valence-corrected chi connectivity index (χ3v) is 14.0. The fourth-order valence-electron chi connectivity index (χ4n) is 7.90.